The molecule has 9 heteroatoms. The fourth-order valence-corrected chi connectivity index (χ4v) is 4.75. The van der Waals surface area contributed by atoms with Crippen molar-refractivity contribution >= 4 is 13.8 Å². The molecule has 0 bridgehead atoms. The van der Waals surface area contributed by atoms with Crippen LogP contribution in [0.4, 0.5) is 0 Å². The molecule has 0 aliphatic carbocycles. The minimum atomic E-state index is -4.25. The molecule has 0 radical (unpaired) electrons. The molecule has 2 atom stereocenters. The lowest BCUT2D eigenvalue weighted by Crippen LogP contribution is -2.37. The van der Waals surface area contributed by atoms with Gasteiger partial charge in [-0.2, -0.15) is 0 Å². The third-order valence-electron chi connectivity index (χ3n) is 6.47. The Kier molecular flexibility index (Phi) is 65.0. The van der Waals surface area contributed by atoms with Crippen LogP contribution in [0.2, 0.25) is 0 Å². The Labute approximate surface area is 331 Å². The summed E-state index contributed by atoms with van der Waals surface area (Å²) in [7, 11) is 1.64. The predicted molar refractivity (Wildman–Crippen MR) is 235 cm³/mol. The van der Waals surface area contributed by atoms with Crippen LogP contribution in [0.3, 0.4) is 0 Å². The van der Waals surface area contributed by atoms with Gasteiger partial charge in [0.05, 0.1) is 34.4 Å². The molecule has 53 heavy (non-hydrogen) atoms. The standard InChI is InChI=1S/C30H60NO7P.4C3H6.C2H6/c1-6-8-10-11-12-13-14-15-16-17-18-19-20-22-25-35-27-29(38-30(32)23-21-9-7-2)28-37-39(33,34)36-26-24-31(3,4)5;4*1-3-2;1-2/h7,29H,2,6,8-28H2,1,3-5H3;4*3H,1H2,2H3;1-2H3/p+1/t29-;;;;;/m1...../s1. The topological polar surface area (TPSA) is 91.3 Å². The van der Waals surface area contributed by atoms with Gasteiger partial charge < -0.3 is 18.9 Å². The van der Waals surface area contributed by atoms with E-state index < -0.39 is 13.9 Å². The van der Waals surface area contributed by atoms with E-state index in [9.17, 15) is 14.3 Å². The molecule has 1 unspecified atom stereocenters. The van der Waals surface area contributed by atoms with Crippen molar-refractivity contribution in [3.8, 4) is 0 Å². The first-order valence-electron chi connectivity index (χ1n) is 20.3. The van der Waals surface area contributed by atoms with Gasteiger partial charge >= 0.3 is 13.8 Å². The first-order chi connectivity index (χ1) is 25.3. The summed E-state index contributed by atoms with van der Waals surface area (Å²) in [5, 5.41) is 0. The van der Waals surface area contributed by atoms with E-state index in [1.54, 1.807) is 30.4 Å². The molecule has 8 nitrogen and oxygen atoms in total. The number of carbonyl (C=O) groups excluding carboxylic acids is 1. The Bertz CT molecular complexity index is 788. The summed E-state index contributed by atoms with van der Waals surface area (Å²) in [4.78, 5) is 22.2. The van der Waals surface area contributed by atoms with Crippen molar-refractivity contribution in [3.63, 3.8) is 0 Å². The lowest BCUT2D eigenvalue weighted by molar-refractivity contribution is -0.870. The monoisotopic (exact) mass is 777 g/mol. The SMILES string of the molecule is C=CC.C=CC.C=CC.C=CC.C=CCCCC(=O)O[C@H](COCCCCCCCCCCCCCCCC)COP(=O)(O)OCC[N+](C)(C)C.CC. The number of quaternary nitrogens is 1. The molecule has 318 valence electrons. The summed E-state index contributed by atoms with van der Waals surface area (Å²) in [6.07, 6.45) is 27.7. The largest absolute Gasteiger partial charge is 0.472 e. The molecular formula is C44H91NO7P+. The molecule has 0 aromatic carbocycles. The average molecular weight is 777 g/mol. The molecule has 0 rings (SSSR count). The Morgan fingerprint density at radius 1 is 0.660 bits per heavy atom. The van der Waals surface area contributed by atoms with E-state index in [-0.39, 0.29) is 32.2 Å². The molecule has 0 aliphatic rings. The number of phosphoric ester groups is 1. The van der Waals surface area contributed by atoms with Crippen LogP contribution in [0.15, 0.2) is 63.3 Å². The van der Waals surface area contributed by atoms with Crippen molar-refractivity contribution in [3.05, 3.63) is 63.3 Å². The van der Waals surface area contributed by atoms with Crippen LogP contribution in [0.5, 0.6) is 0 Å². The summed E-state index contributed by atoms with van der Waals surface area (Å²) in [5.41, 5.74) is 0. The summed E-state index contributed by atoms with van der Waals surface area (Å²) < 4.78 is 34.2. The van der Waals surface area contributed by atoms with E-state index in [4.69, 9.17) is 18.5 Å². The second-order valence-electron chi connectivity index (χ2n) is 13.2. The molecular weight excluding hydrogens is 685 g/mol. The first kappa shape index (κ1) is 63.2. The second kappa shape index (κ2) is 54.5. The number of ether oxygens (including phenoxy) is 2. The maximum absolute atomic E-state index is 12.2. The van der Waals surface area contributed by atoms with Crippen LogP contribution in [0, 0.1) is 0 Å². The summed E-state index contributed by atoms with van der Waals surface area (Å²) in [6, 6.07) is 0. The summed E-state index contributed by atoms with van der Waals surface area (Å²) in [5.74, 6) is -0.385. The lowest BCUT2D eigenvalue weighted by atomic mass is 10.0. The number of nitrogens with zero attached hydrogens (tertiary/aromatic N) is 1. The highest BCUT2D eigenvalue weighted by atomic mass is 31.2. The molecule has 0 heterocycles. The van der Waals surface area contributed by atoms with Crippen LogP contribution in [0.25, 0.3) is 0 Å². The van der Waals surface area contributed by atoms with E-state index in [1.165, 1.54) is 77.0 Å². The van der Waals surface area contributed by atoms with Crippen molar-refractivity contribution in [1.29, 1.82) is 0 Å². The van der Waals surface area contributed by atoms with Crippen LogP contribution >= 0.6 is 7.82 Å². The quantitative estimate of drug-likeness (QED) is 0.0266. The number of hydrogen-bond acceptors (Lipinski definition) is 6. The average Bonchev–Trinajstić information content (AvgIpc) is 3.08. The van der Waals surface area contributed by atoms with E-state index >= 15 is 0 Å². The zero-order valence-electron chi connectivity index (χ0n) is 36.8. The van der Waals surface area contributed by atoms with Crippen molar-refractivity contribution in [2.45, 2.75) is 164 Å². The van der Waals surface area contributed by atoms with E-state index in [2.05, 4.69) is 39.8 Å². The van der Waals surface area contributed by atoms with Gasteiger partial charge in [0.25, 0.3) is 0 Å². The third kappa shape index (κ3) is 75.9. The minimum Gasteiger partial charge on any atom is -0.457 e. The number of esters is 1. The van der Waals surface area contributed by atoms with Crippen molar-refractivity contribution in [2.75, 3.05) is 54.1 Å². The van der Waals surface area contributed by atoms with Crippen molar-refractivity contribution < 1.29 is 37.3 Å². The maximum atomic E-state index is 12.2. The number of hydrogen-bond donors (Lipinski definition) is 1. The number of carbonyl (C=O) groups is 1. The Balaban J connectivity index is -0.000000340. The molecule has 0 saturated heterocycles. The van der Waals surface area contributed by atoms with Gasteiger partial charge in [0, 0.05) is 13.0 Å². The van der Waals surface area contributed by atoms with Crippen LogP contribution < -0.4 is 0 Å². The Morgan fingerprint density at radius 2 is 1.06 bits per heavy atom. The van der Waals surface area contributed by atoms with Crippen molar-refractivity contribution in [1.82, 2.24) is 0 Å². The zero-order chi connectivity index (χ0) is 42.1. The third-order valence-corrected chi connectivity index (χ3v) is 7.46. The van der Waals surface area contributed by atoms with E-state index in [0.717, 1.165) is 19.3 Å². The smallest absolute Gasteiger partial charge is 0.457 e. The molecule has 0 spiro atoms. The van der Waals surface area contributed by atoms with Gasteiger partial charge in [0.2, 0.25) is 0 Å². The number of allylic oxidation sites excluding steroid dienone is 5. The molecule has 0 aliphatic heterocycles. The maximum Gasteiger partial charge on any atom is 0.472 e. The fourth-order valence-electron chi connectivity index (χ4n) is 4.01. The molecule has 0 aromatic rings. The highest BCUT2D eigenvalue weighted by Gasteiger charge is 2.26. The predicted octanol–water partition coefficient (Wildman–Crippen LogP) is 13.4. The van der Waals surface area contributed by atoms with Crippen LogP contribution in [-0.4, -0.2) is 75.6 Å². The summed E-state index contributed by atoms with van der Waals surface area (Å²) >= 11 is 0. The minimum absolute atomic E-state index is 0.0823. The van der Waals surface area contributed by atoms with Gasteiger partial charge in [-0.05, 0) is 47.0 Å². The number of likely N-dealkylation sites (N-methyl/N-ethyl adjacent to an activating group) is 1. The van der Waals surface area contributed by atoms with E-state index in [0.29, 0.717) is 24.1 Å². The highest BCUT2D eigenvalue weighted by Crippen LogP contribution is 2.43. The van der Waals surface area contributed by atoms with E-state index in [1.807, 2.05) is 62.7 Å². The van der Waals surface area contributed by atoms with Gasteiger partial charge in [0.15, 0.2) is 0 Å². The van der Waals surface area contributed by atoms with Gasteiger partial charge in [-0.15, -0.1) is 32.9 Å². The molecule has 1 N–H and O–H groups in total. The molecule has 0 saturated carbocycles. The van der Waals surface area contributed by atoms with Crippen molar-refractivity contribution in [2.24, 2.45) is 0 Å². The second-order valence-corrected chi connectivity index (χ2v) is 14.7. The first-order valence-corrected chi connectivity index (χ1v) is 21.8. The summed E-state index contributed by atoms with van der Waals surface area (Å²) in [6.45, 7) is 32.0. The normalized spacial score (nSPS) is 11.5. The number of phosphoric acid groups is 1. The molecule has 0 aromatic heterocycles. The number of unbranched alkanes of at least 4 members (excludes halogenated alkanes) is 14. The van der Waals surface area contributed by atoms with Crippen LogP contribution in [-0.2, 0) is 27.9 Å². The number of rotatable bonds is 29. The van der Waals surface area contributed by atoms with Gasteiger partial charge in [-0.25, -0.2) is 4.57 Å². The molecule has 0 fully saturated rings. The van der Waals surface area contributed by atoms with Gasteiger partial charge in [-0.1, -0.05) is 135 Å². The Morgan fingerprint density at radius 3 is 1.43 bits per heavy atom. The molecule has 0 amide bonds. The van der Waals surface area contributed by atoms with Crippen LogP contribution in [0.1, 0.15) is 158 Å². The van der Waals surface area contributed by atoms with Gasteiger partial charge in [-0.3, -0.25) is 13.8 Å². The highest BCUT2D eigenvalue weighted by molar-refractivity contribution is 7.47. The Hall–Kier alpha value is -1.80. The zero-order valence-corrected chi connectivity index (χ0v) is 37.7. The van der Waals surface area contributed by atoms with Gasteiger partial charge in [0.1, 0.15) is 19.3 Å². The fraction of sp³-hybridized carbons (Fsp3) is 0.750. The lowest BCUT2D eigenvalue weighted by Gasteiger charge is -2.24.